The molecule has 5 nitrogen and oxygen atoms in total. The summed E-state index contributed by atoms with van der Waals surface area (Å²) >= 11 is 0. The second kappa shape index (κ2) is 8.39. The molecule has 1 N–H and O–H groups in total. The summed E-state index contributed by atoms with van der Waals surface area (Å²) < 4.78 is 26.3. The van der Waals surface area contributed by atoms with Gasteiger partial charge in [0.1, 0.15) is 11.4 Å². The van der Waals surface area contributed by atoms with Gasteiger partial charge in [-0.05, 0) is 29.8 Å². The minimum atomic E-state index is -1.07. The van der Waals surface area contributed by atoms with Crippen LogP contribution in [0.5, 0.6) is 0 Å². The molecular formula is C21H17F2N3O2. The van der Waals surface area contributed by atoms with Crippen molar-refractivity contribution in [1.29, 1.82) is 0 Å². The average molecular weight is 381 g/mol. The third-order valence-corrected chi connectivity index (χ3v) is 3.99. The van der Waals surface area contributed by atoms with Crippen LogP contribution in [-0.4, -0.2) is 28.7 Å². The van der Waals surface area contributed by atoms with Crippen molar-refractivity contribution in [2.24, 2.45) is 0 Å². The normalized spacial score (nSPS) is 10.4. The third kappa shape index (κ3) is 4.56. The van der Waals surface area contributed by atoms with E-state index in [-0.39, 0.29) is 23.0 Å². The maximum Gasteiger partial charge on any atom is 0.274 e. The van der Waals surface area contributed by atoms with E-state index >= 15 is 0 Å². The molecule has 3 rings (SSSR count). The highest BCUT2D eigenvalue weighted by molar-refractivity contribution is 6.03. The Morgan fingerprint density at radius 1 is 0.929 bits per heavy atom. The number of nitrogens with one attached hydrogen (secondary N) is 1. The second-order valence-corrected chi connectivity index (χ2v) is 6.14. The van der Waals surface area contributed by atoms with Gasteiger partial charge in [0.25, 0.3) is 11.8 Å². The van der Waals surface area contributed by atoms with Crippen LogP contribution in [0.2, 0.25) is 0 Å². The Kier molecular flexibility index (Phi) is 5.74. The van der Waals surface area contributed by atoms with Crippen molar-refractivity contribution in [3.05, 3.63) is 95.3 Å². The van der Waals surface area contributed by atoms with E-state index in [4.69, 9.17) is 0 Å². The number of hydrogen-bond donors (Lipinski definition) is 1. The zero-order valence-electron chi connectivity index (χ0n) is 15.0. The molecule has 2 amide bonds. The molecular weight excluding hydrogens is 364 g/mol. The first-order valence-corrected chi connectivity index (χ1v) is 8.47. The molecule has 0 fully saturated rings. The van der Waals surface area contributed by atoms with Gasteiger partial charge < -0.3 is 10.2 Å². The van der Waals surface area contributed by atoms with Crippen molar-refractivity contribution in [2.75, 3.05) is 12.4 Å². The van der Waals surface area contributed by atoms with Crippen LogP contribution in [0.1, 0.15) is 26.5 Å². The number of nitrogens with zero attached hydrogens (tertiary/aromatic N) is 2. The average Bonchev–Trinajstić information content (AvgIpc) is 2.71. The van der Waals surface area contributed by atoms with Crippen LogP contribution in [-0.2, 0) is 6.54 Å². The van der Waals surface area contributed by atoms with Crippen LogP contribution in [0.4, 0.5) is 14.5 Å². The molecule has 0 aliphatic carbocycles. The van der Waals surface area contributed by atoms with Gasteiger partial charge in [-0.2, -0.15) is 0 Å². The SMILES string of the molecule is CN(Cc1ccccc1)C(=O)c1cccc(C(=O)Nc2ccc(F)c(F)c2)n1. The van der Waals surface area contributed by atoms with Crippen LogP contribution in [0, 0.1) is 11.6 Å². The lowest BCUT2D eigenvalue weighted by molar-refractivity contribution is 0.0779. The number of aromatic nitrogens is 1. The summed E-state index contributed by atoms with van der Waals surface area (Å²) in [6, 6.07) is 17.0. The van der Waals surface area contributed by atoms with Crippen molar-refractivity contribution < 1.29 is 18.4 Å². The topological polar surface area (TPSA) is 62.3 Å². The van der Waals surface area contributed by atoms with Crippen LogP contribution in [0.3, 0.4) is 0 Å². The van der Waals surface area contributed by atoms with Crippen LogP contribution in [0.25, 0.3) is 0 Å². The molecule has 142 valence electrons. The zero-order chi connectivity index (χ0) is 20.1. The maximum absolute atomic E-state index is 13.3. The van der Waals surface area contributed by atoms with E-state index in [0.717, 1.165) is 17.7 Å². The number of benzene rings is 2. The molecule has 28 heavy (non-hydrogen) atoms. The Labute approximate surface area is 160 Å². The summed E-state index contributed by atoms with van der Waals surface area (Å²) in [5.41, 5.74) is 1.15. The monoisotopic (exact) mass is 381 g/mol. The molecule has 0 aliphatic rings. The number of anilines is 1. The summed E-state index contributed by atoms with van der Waals surface area (Å²) in [6.45, 7) is 0.395. The Bertz CT molecular complexity index is 1010. The molecule has 1 heterocycles. The van der Waals surface area contributed by atoms with Crippen LogP contribution < -0.4 is 5.32 Å². The summed E-state index contributed by atoms with van der Waals surface area (Å²) in [5, 5.41) is 2.43. The van der Waals surface area contributed by atoms with Crippen molar-refractivity contribution in [3.63, 3.8) is 0 Å². The van der Waals surface area contributed by atoms with Gasteiger partial charge in [-0.3, -0.25) is 9.59 Å². The predicted molar refractivity (Wildman–Crippen MR) is 101 cm³/mol. The Balaban J connectivity index is 1.72. The van der Waals surface area contributed by atoms with E-state index < -0.39 is 17.5 Å². The number of amides is 2. The van der Waals surface area contributed by atoms with Crippen molar-refractivity contribution in [2.45, 2.75) is 6.54 Å². The Hall–Kier alpha value is -3.61. The van der Waals surface area contributed by atoms with Crippen molar-refractivity contribution in [3.8, 4) is 0 Å². The first kappa shape index (κ1) is 19.2. The van der Waals surface area contributed by atoms with Crippen LogP contribution >= 0.6 is 0 Å². The Morgan fingerprint density at radius 3 is 2.36 bits per heavy atom. The summed E-state index contributed by atoms with van der Waals surface area (Å²) in [6.07, 6.45) is 0. The number of pyridine rings is 1. The molecule has 0 unspecified atom stereocenters. The molecule has 0 bridgehead atoms. The van der Waals surface area contributed by atoms with Crippen molar-refractivity contribution >= 4 is 17.5 Å². The quantitative estimate of drug-likeness (QED) is 0.730. The highest BCUT2D eigenvalue weighted by Gasteiger charge is 2.16. The van der Waals surface area contributed by atoms with Crippen molar-refractivity contribution in [1.82, 2.24) is 9.88 Å². The van der Waals surface area contributed by atoms with E-state index in [1.807, 2.05) is 30.3 Å². The van der Waals surface area contributed by atoms with Gasteiger partial charge in [0.2, 0.25) is 0 Å². The highest BCUT2D eigenvalue weighted by atomic mass is 19.2. The molecule has 7 heteroatoms. The van der Waals surface area contributed by atoms with Gasteiger partial charge in [0.05, 0.1) is 0 Å². The number of carbonyl (C=O) groups excluding carboxylic acids is 2. The first-order valence-electron chi connectivity index (χ1n) is 8.47. The van der Waals surface area contributed by atoms with Crippen LogP contribution in [0.15, 0.2) is 66.7 Å². The number of carbonyl (C=O) groups is 2. The first-order chi connectivity index (χ1) is 13.4. The second-order valence-electron chi connectivity index (χ2n) is 6.14. The smallest absolute Gasteiger partial charge is 0.274 e. The molecule has 2 aromatic carbocycles. The lowest BCUT2D eigenvalue weighted by atomic mass is 10.2. The standard InChI is InChI=1S/C21H17F2N3O2/c1-26(13-14-6-3-2-4-7-14)21(28)19-9-5-8-18(25-19)20(27)24-15-10-11-16(22)17(23)12-15/h2-12H,13H2,1H3,(H,24,27). The summed E-state index contributed by atoms with van der Waals surface area (Å²) in [7, 11) is 1.64. The van der Waals surface area contributed by atoms with Gasteiger partial charge in [-0.1, -0.05) is 36.4 Å². The molecule has 3 aromatic rings. The van der Waals surface area contributed by atoms with E-state index in [1.165, 1.54) is 29.2 Å². The van der Waals surface area contributed by atoms with Gasteiger partial charge >= 0.3 is 0 Å². The minimum Gasteiger partial charge on any atom is -0.336 e. The number of halogens is 2. The van der Waals surface area contributed by atoms with Gasteiger partial charge in [0, 0.05) is 25.3 Å². The molecule has 0 saturated carbocycles. The highest BCUT2D eigenvalue weighted by Crippen LogP contribution is 2.14. The fourth-order valence-corrected chi connectivity index (χ4v) is 2.57. The molecule has 1 aromatic heterocycles. The number of hydrogen-bond acceptors (Lipinski definition) is 3. The van der Waals surface area contributed by atoms with E-state index in [0.29, 0.717) is 6.54 Å². The lowest BCUT2D eigenvalue weighted by Crippen LogP contribution is -2.27. The third-order valence-electron chi connectivity index (χ3n) is 3.99. The molecule has 0 saturated heterocycles. The predicted octanol–water partition coefficient (Wildman–Crippen LogP) is 3.88. The zero-order valence-corrected chi connectivity index (χ0v) is 15.0. The van der Waals surface area contributed by atoms with Gasteiger partial charge in [-0.25, -0.2) is 13.8 Å². The number of rotatable bonds is 5. The fourth-order valence-electron chi connectivity index (χ4n) is 2.57. The summed E-state index contributed by atoms with van der Waals surface area (Å²) in [4.78, 5) is 30.5. The largest absolute Gasteiger partial charge is 0.336 e. The van der Waals surface area contributed by atoms with E-state index in [2.05, 4.69) is 10.3 Å². The Morgan fingerprint density at radius 2 is 1.64 bits per heavy atom. The maximum atomic E-state index is 13.3. The molecule has 0 spiro atoms. The summed E-state index contributed by atoms with van der Waals surface area (Å²) in [5.74, 6) is -3.06. The molecule has 0 atom stereocenters. The molecule has 0 aliphatic heterocycles. The lowest BCUT2D eigenvalue weighted by Gasteiger charge is -2.17. The minimum absolute atomic E-state index is 0.0105. The fraction of sp³-hybridized carbons (Fsp3) is 0.0952. The van der Waals surface area contributed by atoms with E-state index in [9.17, 15) is 18.4 Å². The van der Waals surface area contributed by atoms with Gasteiger partial charge in [0.15, 0.2) is 11.6 Å². The van der Waals surface area contributed by atoms with E-state index in [1.54, 1.807) is 7.05 Å². The van der Waals surface area contributed by atoms with Gasteiger partial charge in [-0.15, -0.1) is 0 Å². The molecule has 0 radical (unpaired) electrons.